The third-order valence-electron chi connectivity index (χ3n) is 4.21. The lowest BCUT2D eigenvalue weighted by Crippen LogP contribution is -2.35. The van der Waals surface area contributed by atoms with Gasteiger partial charge in [0, 0.05) is 26.1 Å². The van der Waals surface area contributed by atoms with E-state index in [2.05, 4.69) is 26.3 Å². The highest BCUT2D eigenvalue weighted by Crippen LogP contribution is 2.14. The van der Waals surface area contributed by atoms with Gasteiger partial charge < -0.3 is 20.3 Å². The molecule has 0 aliphatic rings. The van der Waals surface area contributed by atoms with Crippen molar-refractivity contribution in [2.45, 2.75) is 25.9 Å². The van der Waals surface area contributed by atoms with E-state index in [0.717, 1.165) is 28.7 Å². The normalized spacial score (nSPS) is 10.7. The summed E-state index contributed by atoms with van der Waals surface area (Å²) >= 11 is 0. The Morgan fingerprint density at radius 2 is 1.74 bits per heavy atom. The van der Waals surface area contributed by atoms with Gasteiger partial charge in [0.2, 0.25) is 0 Å². The van der Waals surface area contributed by atoms with Crippen LogP contribution in [0.5, 0.6) is 0 Å². The Kier molecular flexibility index (Phi) is 6.04. The van der Waals surface area contributed by atoms with Crippen LogP contribution in [0.25, 0.3) is 11.0 Å². The minimum absolute atomic E-state index is 0.0495. The van der Waals surface area contributed by atoms with E-state index < -0.39 is 5.97 Å². The smallest absolute Gasteiger partial charge is 0.315 e. The maximum absolute atomic E-state index is 11.7. The Labute approximate surface area is 157 Å². The van der Waals surface area contributed by atoms with E-state index in [1.54, 1.807) is 0 Å². The average molecular weight is 366 g/mol. The predicted octanol–water partition coefficient (Wildman–Crippen LogP) is 2.75. The number of nitrogens with one attached hydrogen (secondary N) is 2. The minimum Gasteiger partial charge on any atom is -0.481 e. The molecule has 0 atom stereocenters. The van der Waals surface area contributed by atoms with Crippen molar-refractivity contribution >= 4 is 23.0 Å². The van der Waals surface area contributed by atoms with Gasteiger partial charge in [-0.05, 0) is 29.7 Å². The summed E-state index contributed by atoms with van der Waals surface area (Å²) in [6, 6.07) is 15.8. The lowest BCUT2D eigenvalue weighted by molar-refractivity contribution is -0.137. The number of carbonyl (C=O) groups is 2. The van der Waals surface area contributed by atoms with E-state index in [1.807, 2.05) is 48.8 Å². The van der Waals surface area contributed by atoms with Crippen molar-refractivity contribution in [3.8, 4) is 0 Å². The Morgan fingerprint density at radius 3 is 2.52 bits per heavy atom. The van der Waals surface area contributed by atoms with Crippen LogP contribution in [0.1, 0.15) is 24.0 Å². The molecule has 0 spiro atoms. The number of aliphatic carboxylic acids is 1. The molecule has 0 bridgehead atoms. The number of aromatic nitrogens is 2. The second-order valence-electron chi connectivity index (χ2n) is 6.28. The van der Waals surface area contributed by atoms with Crippen LogP contribution < -0.4 is 10.6 Å². The molecule has 0 saturated heterocycles. The van der Waals surface area contributed by atoms with E-state index in [1.165, 1.54) is 0 Å². The highest BCUT2D eigenvalue weighted by atomic mass is 16.4. The standard InChI is InChI=1S/C20H22N4O3/c25-19(26)6-3-11-21-20(27)22-12-15-7-9-16(10-8-15)13-24-14-23-17-4-1-2-5-18(17)24/h1-2,4-5,7-10,14H,3,6,11-13H2,(H,25,26)(H2,21,22,27). The number of rotatable bonds is 8. The molecule has 1 heterocycles. The SMILES string of the molecule is O=C(O)CCCNC(=O)NCc1ccc(Cn2cnc3ccccc32)cc1. The van der Waals surface area contributed by atoms with Crippen LogP contribution in [0.15, 0.2) is 54.9 Å². The Bertz CT molecular complexity index is 918. The van der Waals surface area contributed by atoms with E-state index in [-0.39, 0.29) is 12.5 Å². The second-order valence-corrected chi connectivity index (χ2v) is 6.28. The van der Waals surface area contributed by atoms with Crippen molar-refractivity contribution in [2.24, 2.45) is 0 Å². The number of carboxylic acid groups (broad SMARTS) is 1. The number of carbonyl (C=O) groups excluding carboxylic acids is 1. The number of hydrogen-bond acceptors (Lipinski definition) is 3. The summed E-state index contributed by atoms with van der Waals surface area (Å²) in [6.45, 7) is 1.49. The number of para-hydroxylation sites is 2. The molecule has 0 aliphatic heterocycles. The van der Waals surface area contributed by atoms with Gasteiger partial charge in [0.1, 0.15) is 0 Å². The molecule has 140 valence electrons. The van der Waals surface area contributed by atoms with Crippen LogP contribution >= 0.6 is 0 Å². The molecule has 3 N–H and O–H groups in total. The van der Waals surface area contributed by atoms with Crippen molar-refractivity contribution in [1.82, 2.24) is 20.2 Å². The monoisotopic (exact) mass is 366 g/mol. The van der Waals surface area contributed by atoms with Crippen molar-refractivity contribution < 1.29 is 14.7 Å². The largest absolute Gasteiger partial charge is 0.481 e. The molecule has 0 saturated carbocycles. The second kappa shape index (κ2) is 8.84. The maximum atomic E-state index is 11.7. The average Bonchev–Trinajstić information content (AvgIpc) is 3.07. The summed E-state index contributed by atoms with van der Waals surface area (Å²) < 4.78 is 2.10. The van der Waals surface area contributed by atoms with Crippen LogP contribution in [0.3, 0.4) is 0 Å². The molecule has 0 fully saturated rings. The zero-order chi connectivity index (χ0) is 19.1. The van der Waals surface area contributed by atoms with Gasteiger partial charge in [-0.1, -0.05) is 36.4 Å². The van der Waals surface area contributed by atoms with E-state index >= 15 is 0 Å². The summed E-state index contributed by atoms with van der Waals surface area (Å²) in [4.78, 5) is 26.5. The van der Waals surface area contributed by atoms with Crippen LogP contribution in [0.2, 0.25) is 0 Å². The van der Waals surface area contributed by atoms with E-state index in [4.69, 9.17) is 5.11 Å². The first-order chi connectivity index (χ1) is 13.1. The molecule has 0 aliphatic carbocycles. The van der Waals surface area contributed by atoms with Crippen molar-refractivity contribution in [3.63, 3.8) is 0 Å². The molecule has 2 amide bonds. The molecular formula is C20H22N4O3. The zero-order valence-corrected chi connectivity index (χ0v) is 14.9. The number of carboxylic acids is 1. The molecule has 3 rings (SSSR count). The minimum atomic E-state index is -0.860. The third kappa shape index (κ3) is 5.31. The zero-order valence-electron chi connectivity index (χ0n) is 14.9. The van der Waals surface area contributed by atoms with Gasteiger partial charge >= 0.3 is 12.0 Å². The fourth-order valence-electron chi connectivity index (χ4n) is 2.78. The number of hydrogen-bond donors (Lipinski definition) is 3. The third-order valence-corrected chi connectivity index (χ3v) is 4.21. The van der Waals surface area contributed by atoms with Crippen LogP contribution in [-0.4, -0.2) is 33.2 Å². The van der Waals surface area contributed by atoms with Crippen LogP contribution in [0, 0.1) is 0 Å². The van der Waals surface area contributed by atoms with Crippen LogP contribution in [0.4, 0.5) is 4.79 Å². The van der Waals surface area contributed by atoms with Gasteiger partial charge in [0.25, 0.3) is 0 Å². The number of imidazole rings is 1. The Morgan fingerprint density at radius 1 is 1.00 bits per heavy atom. The van der Waals surface area contributed by atoms with Crippen molar-refractivity contribution in [3.05, 3.63) is 66.0 Å². The predicted molar refractivity (Wildman–Crippen MR) is 102 cm³/mol. The number of nitrogens with zero attached hydrogens (tertiary/aromatic N) is 2. The lowest BCUT2D eigenvalue weighted by atomic mass is 10.1. The van der Waals surface area contributed by atoms with Gasteiger partial charge in [-0.3, -0.25) is 4.79 Å². The molecule has 1 aromatic heterocycles. The van der Waals surface area contributed by atoms with Crippen molar-refractivity contribution in [1.29, 1.82) is 0 Å². The van der Waals surface area contributed by atoms with Crippen LogP contribution in [-0.2, 0) is 17.9 Å². The first-order valence-electron chi connectivity index (χ1n) is 8.83. The topological polar surface area (TPSA) is 96.3 Å². The van der Waals surface area contributed by atoms with Gasteiger partial charge in [-0.2, -0.15) is 0 Å². The van der Waals surface area contributed by atoms with Crippen molar-refractivity contribution in [2.75, 3.05) is 6.54 Å². The molecule has 3 aromatic rings. The fraction of sp³-hybridized carbons (Fsp3) is 0.250. The molecule has 27 heavy (non-hydrogen) atoms. The summed E-state index contributed by atoms with van der Waals surface area (Å²) in [5.74, 6) is -0.860. The quantitative estimate of drug-likeness (QED) is 0.534. The highest BCUT2D eigenvalue weighted by Gasteiger charge is 2.04. The molecule has 0 radical (unpaired) electrons. The maximum Gasteiger partial charge on any atom is 0.315 e. The molecule has 2 aromatic carbocycles. The Hall–Kier alpha value is -3.35. The van der Waals surface area contributed by atoms with Gasteiger partial charge in [-0.25, -0.2) is 9.78 Å². The van der Waals surface area contributed by atoms with Gasteiger partial charge in [0.15, 0.2) is 0 Å². The highest BCUT2D eigenvalue weighted by molar-refractivity contribution is 5.75. The number of urea groups is 1. The molecule has 0 unspecified atom stereocenters. The molecule has 7 heteroatoms. The first kappa shape index (κ1) is 18.4. The lowest BCUT2D eigenvalue weighted by Gasteiger charge is -2.09. The van der Waals surface area contributed by atoms with E-state index in [0.29, 0.717) is 19.5 Å². The summed E-state index contributed by atoms with van der Waals surface area (Å²) in [5, 5.41) is 14.0. The number of amides is 2. The summed E-state index contributed by atoms with van der Waals surface area (Å²) in [6.07, 6.45) is 2.31. The number of fused-ring (bicyclic) bond motifs is 1. The summed E-state index contributed by atoms with van der Waals surface area (Å²) in [7, 11) is 0. The Balaban J connectivity index is 1.47. The first-order valence-corrected chi connectivity index (χ1v) is 8.83. The summed E-state index contributed by atoms with van der Waals surface area (Å²) in [5.41, 5.74) is 4.23. The van der Waals surface area contributed by atoms with Gasteiger partial charge in [0.05, 0.1) is 17.4 Å². The fourth-order valence-corrected chi connectivity index (χ4v) is 2.78. The number of benzene rings is 2. The molecule has 7 nitrogen and oxygen atoms in total. The van der Waals surface area contributed by atoms with Gasteiger partial charge in [-0.15, -0.1) is 0 Å². The van der Waals surface area contributed by atoms with E-state index in [9.17, 15) is 9.59 Å². The molecular weight excluding hydrogens is 344 g/mol.